The van der Waals surface area contributed by atoms with Crippen LogP contribution in [-0.2, 0) is 0 Å². The number of hydrogen-bond donors (Lipinski definition) is 2. The van der Waals surface area contributed by atoms with E-state index in [2.05, 4.69) is 48.3 Å². The van der Waals surface area contributed by atoms with Crippen molar-refractivity contribution >= 4 is 17.0 Å². The maximum absolute atomic E-state index is 10.2. The van der Waals surface area contributed by atoms with Gasteiger partial charge in [-0.15, -0.1) is 11.3 Å². The fraction of sp³-hybridized carbons (Fsp3) is 0.444. The number of aliphatic hydroxyl groups is 1. The van der Waals surface area contributed by atoms with Crippen molar-refractivity contribution in [2.75, 3.05) is 19.0 Å². The third-order valence-corrected chi connectivity index (χ3v) is 4.87. The Morgan fingerprint density at radius 1 is 1.14 bits per heavy atom. The van der Waals surface area contributed by atoms with Gasteiger partial charge in [0.25, 0.3) is 0 Å². The van der Waals surface area contributed by atoms with Crippen LogP contribution in [0.1, 0.15) is 42.9 Å². The second-order valence-corrected chi connectivity index (χ2v) is 7.02. The van der Waals surface area contributed by atoms with Gasteiger partial charge in [-0.05, 0) is 49.4 Å². The van der Waals surface area contributed by atoms with Crippen LogP contribution < -0.4 is 10.2 Å². The predicted molar refractivity (Wildman–Crippen MR) is 95.7 cm³/mol. The highest BCUT2D eigenvalue weighted by atomic mass is 32.1. The smallest absolute Gasteiger partial charge is 0.0896 e. The molecule has 0 radical (unpaired) electrons. The lowest BCUT2D eigenvalue weighted by Gasteiger charge is -2.23. The third-order valence-electron chi connectivity index (χ3n) is 3.89. The molecule has 2 aromatic rings. The van der Waals surface area contributed by atoms with Crippen LogP contribution in [0.5, 0.6) is 0 Å². The molecule has 0 saturated carbocycles. The molecule has 0 aliphatic rings. The van der Waals surface area contributed by atoms with Crippen molar-refractivity contribution < 1.29 is 5.11 Å². The third kappa shape index (κ3) is 4.57. The molecule has 3 nitrogen and oxygen atoms in total. The van der Waals surface area contributed by atoms with Crippen LogP contribution in [0.2, 0.25) is 0 Å². The van der Waals surface area contributed by atoms with Gasteiger partial charge in [-0.2, -0.15) is 0 Å². The highest BCUT2D eigenvalue weighted by Gasteiger charge is 2.15. The number of nitrogens with one attached hydrogen (secondary N) is 1. The van der Waals surface area contributed by atoms with Crippen molar-refractivity contribution in [1.82, 2.24) is 5.32 Å². The standard InChI is InChI=1S/C18H26N2OS/c1-13(12-17(21)18-6-5-11-22-18)19-14(2)15-7-9-16(10-8-15)20(3)4/h5-11,13-14,17,19,21H,12H2,1-4H3. The lowest BCUT2D eigenvalue weighted by molar-refractivity contribution is 0.155. The predicted octanol–water partition coefficient (Wildman–Crippen LogP) is 3.98. The topological polar surface area (TPSA) is 35.5 Å². The Bertz CT molecular complexity index is 551. The molecule has 0 fully saturated rings. The maximum atomic E-state index is 10.2. The fourth-order valence-corrected chi connectivity index (χ4v) is 3.31. The largest absolute Gasteiger partial charge is 0.388 e. The molecular formula is C18H26N2OS. The zero-order chi connectivity index (χ0) is 16.1. The van der Waals surface area contributed by atoms with E-state index in [9.17, 15) is 5.11 Å². The highest BCUT2D eigenvalue weighted by molar-refractivity contribution is 7.10. The van der Waals surface area contributed by atoms with E-state index in [1.165, 1.54) is 11.3 Å². The minimum Gasteiger partial charge on any atom is -0.388 e. The molecule has 2 N–H and O–H groups in total. The number of aliphatic hydroxyl groups excluding tert-OH is 1. The van der Waals surface area contributed by atoms with E-state index in [4.69, 9.17) is 0 Å². The van der Waals surface area contributed by atoms with Crippen molar-refractivity contribution in [1.29, 1.82) is 0 Å². The zero-order valence-electron chi connectivity index (χ0n) is 13.8. The van der Waals surface area contributed by atoms with Crippen LogP contribution in [0.3, 0.4) is 0 Å². The lowest BCUT2D eigenvalue weighted by Crippen LogP contribution is -2.30. The molecular weight excluding hydrogens is 292 g/mol. The molecule has 0 aliphatic carbocycles. The first-order chi connectivity index (χ1) is 10.5. The number of nitrogens with zero attached hydrogens (tertiary/aromatic N) is 1. The first-order valence-electron chi connectivity index (χ1n) is 7.72. The summed E-state index contributed by atoms with van der Waals surface area (Å²) in [5, 5.41) is 15.8. The van der Waals surface area contributed by atoms with E-state index in [0.29, 0.717) is 0 Å². The van der Waals surface area contributed by atoms with Crippen LogP contribution in [0, 0.1) is 0 Å². The van der Waals surface area contributed by atoms with Crippen molar-refractivity contribution in [3.05, 3.63) is 52.2 Å². The SMILES string of the molecule is CC(CC(O)c1cccs1)NC(C)c1ccc(N(C)C)cc1. The van der Waals surface area contributed by atoms with Gasteiger partial charge in [0.1, 0.15) is 0 Å². The van der Waals surface area contributed by atoms with Gasteiger partial charge in [-0.25, -0.2) is 0 Å². The maximum Gasteiger partial charge on any atom is 0.0896 e. The molecule has 1 heterocycles. The molecule has 0 amide bonds. The number of anilines is 1. The molecule has 0 bridgehead atoms. The number of benzene rings is 1. The van der Waals surface area contributed by atoms with E-state index in [1.807, 2.05) is 31.6 Å². The van der Waals surface area contributed by atoms with Crippen LogP contribution in [0.15, 0.2) is 41.8 Å². The fourth-order valence-electron chi connectivity index (χ4n) is 2.58. The molecule has 4 heteroatoms. The molecule has 0 saturated heterocycles. The lowest BCUT2D eigenvalue weighted by atomic mass is 10.0. The summed E-state index contributed by atoms with van der Waals surface area (Å²) in [6.45, 7) is 4.29. The van der Waals surface area contributed by atoms with E-state index >= 15 is 0 Å². The Morgan fingerprint density at radius 3 is 2.36 bits per heavy atom. The van der Waals surface area contributed by atoms with Gasteiger partial charge in [0.15, 0.2) is 0 Å². The van der Waals surface area contributed by atoms with Crippen LogP contribution in [0.4, 0.5) is 5.69 Å². The monoisotopic (exact) mass is 318 g/mol. The summed E-state index contributed by atoms with van der Waals surface area (Å²) >= 11 is 1.61. The number of thiophene rings is 1. The molecule has 22 heavy (non-hydrogen) atoms. The van der Waals surface area contributed by atoms with Gasteiger partial charge in [-0.3, -0.25) is 0 Å². The van der Waals surface area contributed by atoms with Gasteiger partial charge in [0, 0.05) is 36.7 Å². The molecule has 3 atom stereocenters. The first-order valence-corrected chi connectivity index (χ1v) is 8.60. The minimum absolute atomic E-state index is 0.251. The van der Waals surface area contributed by atoms with Gasteiger partial charge >= 0.3 is 0 Å². The van der Waals surface area contributed by atoms with Crippen molar-refractivity contribution in [2.45, 2.75) is 38.5 Å². The van der Waals surface area contributed by atoms with Gasteiger partial charge in [0.05, 0.1) is 6.10 Å². The summed E-state index contributed by atoms with van der Waals surface area (Å²) in [6, 6.07) is 13.1. The Kier molecular flexibility index (Phi) is 6.00. The first kappa shape index (κ1) is 17.0. The second kappa shape index (κ2) is 7.77. The summed E-state index contributed by atoms with van der Waals surface area (Å²) in [6.07, 6.45) is 0.339. The van der Waals surface area contributed by atoms with E-state index < -0.39 is 0 Å². The van der Waals surface area contributed by atoms with Gasteiger partial charge < -0.3 is 15.3 Å². The van der Waals surface area contributed by atoms with Crippen LogP contribution in [-0.4, -0.2) is 25.2 Å². The average molecular weight is 318 g/mol. The Morgan fingerprint density at radius 2 is 1.82 bits per heavy atom. The summed E-state index contributed by atoms with van der Waals surface area (Å²) < 4.78 is 0. The van der Waals surface area contributed by atoms with Crippen molar-refractivity contribution in [2.24, 2.45) is 0 Å². The number of rotatable bonds is 7. The summed E-state index contributed by atoms with van der Waals surface area (Å²) in [5.74, 6) is 0. The minimum atomic E-state index is -0.384. The van der Waals surface area contributed by atoms with Crippen molar-refractivity contribution in [3.63, 3.8) is 0 Å². The summed E-state index contributed by atoms with van der Waals surface area (Å²) in [4.78, 5) is 3.14. The zero-order valence-corrected chi connectivity index (χ0v) is 14.6. The molecule has 1 aromatic carbocycles. The quantitative estimate of drug-likeness (QED) is 0.810. The molecule has 0 aliphatic heterocycles. The Hall–Kier alpha value is -1.36. The molecule has 120 valence electrons. The van der Waals surface area contributed by atoms with Crippen molar-refractivity contribution in [3.8, 4) is 0 Å². The summed E-state index contributed by atoms with van der Waals surface area (Å²) in [7, 11) is 4.09. The van der Waals surface area contributed by atoms with Crippen LogP contribution >= 0.6 is 11.3 Å². The second-order valence-electron chi connectivity index (χ2n) is 6.04. The van der Waals surface area contributed by atoms with E-state index in [0.717, 1.165) is 11.3 Å². The van der Waals surface area contributed by atoms with Crippen LogP contribution in [0.25, 0.3) is 0 Å². The van der Waals surface area contributed by atoms with E-state index in [1.54, 1.807) is 11.3 Å². The van der Waals surface area contributed by atoms with Gasteiger partial charge in [-0.1, -0.05) is 18.2 Å². The Balaban J connectivity index is 1.89. The molecule has 0 spiro atoms. The Labute approximate surface area is 137 Å². The summed E-state index contributed by atoms with van der Waals surface area (Å²) in [5.41, 5.74) is 2.47. The molecule has 2 rings (SSSR count). The number of hydrogen-bond acceptors (Lipinski definition) is 4. The highest BCUT2D eigenvalue weighted by Crippen LogP contribution is 2.24. The normalized spacial score (nSPS) is 15.3. The van der Waals surface area contributed by atoms with E-state index in [-0.39, 0.29) is 18.2 Å². The molecule has 1 aromatic heterocycles. The average Bonchev–Trinajstić information content (AvgIpc) is 3.01. The van der Waals surface area contributed by atoms with Gasteiger partial charge in [0.2, 0.25) is 0 Å². The molecule has 3 unspecified atom stereocenters.